The lowest BCUT2D eigenvalue weighted by atomic mass is 9.64. The summed E-state index contributed by atoms with van der Waals surface area (Å²) in [6.07, 6.45) is 0.957. The van der Waals surface area contributed by atoms with E-state index in [1.165, 1.54) is 6.08 Å². The topological polar surface area (TPSA) is 130 Å². The summed E-state index contributed by atoms with van der Waals surface area (Å²) in [5.74, 6) is -1.00. The minimum Gasteiger partial charge on any atom is -0.380 e. The van der Waals surface area contributed by atoms with Crippen molar-refractivity contribution in [3.05, 3.63) is 11.6 Å². The van der Waals surface area contributed by atoms with Gasteiger partial charge in [0, 0.05) is 27.6 Å². The zero-order valence-corrected chi connectivity index (χ0v) is 17.8. The van der Waals surface area contributed by atoms with Crippen LogP contribution in [0.4, 0.5) is 0 Å². The Morgan fingerprint density at radius 1 is 1.31 bits per heavy atom. The van der Waals surface area contributed by atoms with Gasteiger partial charge in [-0.1, -0.05) is 13.8 Å². The molecule has 2 heterocycles. The number of amidine groups is 1. The van der Waals surface area contributed by atoms with Crippen LogP contribution >= 0.6 is 8.81 Å². The highest BCUT2D eigenvalue weighted by atomic mass is 31.1. The quantitative estimate of drug-likeness (QED) is 0.358. The van der Waals surface area contributed by atoms with Crippen LogP contribution in [0.15, 0.2) is 11.6 Å². The molecule has 1 aliphatic carbocycles. The SMILES string of the molecule is CCCO[C@@H]1[C@H](OCCC)[C@](O)(COPC)C=C2C(=O)NC(=N)ON3C(=O)C[C@@]213. The van der Waals surface area contributed by atoms with Crippen molar-refractivity contribution in [2.24, 2.45) is 0 Å². The van der Waals surface area contributed by atoms with Gasteiger partial charge >= 0.3 is 6.02 Å². The summed E-state index contributed by atoms with van der Waals surface area (Å²) in [5, 5.41) is 22.6. The molecule has 11 heteroatoms. The van der Waals surface area contributed by atoms with Gasteiger partial charge in [0.2, 0.25) is 0 Å². The maximum Gasteiger partial charge on any atom is 0.316 e. The highest BCUT2D eigenvalue weighted by molar-refractivity contribution is 7.31. The Morgan fingerprint density at radius 2 is 1.97 bits per heavy atom. The molecule has 162 valence electrons. The molecule has 3 rings (SSSR count). The van der Waals surface area contributed by atoms with Gasteiger partial charge in [0.1, 0.15) is 23.3 Å². The molecular formula is C18H28N3O7P. The predicted octanol–water partition coefficient (Wildman–Crippen LogP) is 0.455. The molecule has 1 spiro atoms. The minimum absolute atomic E-state index is 0.0492. The van der Waals surface area contributed by atoms with Gasteiger partial charge < -0.3 is 23.9 Å². The summed E-state index contributed by atoms with van der Waals surface area (Å²) < 4.78 is 17.6. The number of β-lactam (4-membered cyclic amide) rings is 1. The molecule has 1 unspecified atom stereocenters. The number of ether oxygens (including phenoxy) is 2. The van der Waals surface area contributed by atoms with Crippen molar-refractivity contribution in [3.63, 3.8) is 0 Å². The Labute approximate surface area is 171 Å². The first-order valence-electron chi connectivity index (χ1n) is 9.72. The van der Waals surface area contributed by atoms with Crippen LogP contribution in [0.2, 0.25) is 0 Å². The van der Waals surface area contributed by atoms with Crippen LogP contribution in [0, 0.1) is 5.41 Å². The van der Waals surface area contributed by atoms with Gasteiger partial charge in [-0.25, -0.2) is 5.41 Å². The number of carbonyl (C=O) groups excluding carboxylic acids is 2. The number of rotatable bonds is 9. The van der Waals surface area contributed by atoms with E-state index in [9.17, 15) is 14.7 Å². The van der Waals surface area contributed by atoms with Crippen molar-refractivity contribution in [2.75, 3.05) is 26.5 Å². The second-order valence-corrected chi connectivity index (χ2v) is 7.99. The Bertz CT molecular complexity index is 718. The molecule has 2 fully saturated rings. The summed E-state index contributed by atoms with van der Waals surface area (Å²) in [6.45, 7) is 6.29. The normalized spacial score (nSPS) is 34.1. The molecule has 0 aromatic heterocycles. The lowest BCUT2D eigenvalue weighted by Crippen LogP contribution is -2.77. The Morgan fingerprint density at radius 3 is 2.55 bits per heavy atom. The molecule has 5 atom stereocenters. The molecule has 3 aliphatic rings. The number of carbonyl (C=O) groups is 2. The molecule has 2 amide bonds. The highest BCUT2D eigenvalue weighted by Crippen LogP contribution is 2.51. The molecule has 0 aromatic carbocycles. The zero-order chi connectivity index (χ0) is 21.2. The molecule has 2 saturated heterocycles. The third kappa shape index (κ3) is 3.68. The number of nitrogens with zero attached hydrogens (tertiary/aromatic N) is 1. The summed E-state index contributed by atoms with van der Waals surface area (Å²) in [7, 11) is 0.125. The largest absolute Gasteiger partial charge is 0.380 e. The summed E-state index contributed by atoms with van der Waals surface area (Å²) in [5.41, 5.74) is -2.81. The third-order valence-electron chi connectivity index (χ3n) is 5.21. The molecular weight excluding hydrogens is 401 g/mol. The van der Waals surface area contributed by atoms with Crippen LogP contribution in [0.5, 0.6) is 0 Å². The maximum absolute atomic E-state index is 12.9. The monoisotopic (exact) mass is 429 g/mol. The molecule has 29 heavy (non-hydrogen) atoms. The van der Waals surface area contributed by atoms with E-state index in [0.717, 1.165) is 5.06 Å². The molecule has 10 nitrogen and oxygen atoms in total. The summed E-state index contributed by atoms with van der Waals surface area (Å²) >= 11 is 0. The number of amides is 2. The minimum atomic E-state index is -1.65. The van der Waals surface area contributed by atoms with E-state index >= 15 is 0 Å². The second kappa shape index (κ2) is 8.65. The van der Waals surface area contributed by atoms with E-state index in [0.29, 0.717) is 26.1 Å². The average molecular weight is 429 g/mol. The van der Waals surface area contributed by atoms with Crippen LogP contribution in [0.1, 0.15) is 33.1 Å². The number of hydroxylamine groups is 2. The van der Waals surface area contributed by atoms with Gasteiger partial charge in [-0.2, -0.15) is 5.06 Å². The van der Waals surface area contributed by atoms with Gasteiger partial charge in [-0.05, 0) is 25.6 Å². The molecule has 0 saturated carbocycles. The maximum atomic E-state index is 12.9. The average Bonchev–Trinajstić information content (AvgIpc) is 2.76. The van der Waals surface area contributed by atoms with E-state index in [1.54, 1.807) is 0 Å². The lowest BCUT2D eigenvalue weighted by molar-refractivity contribution is -0.268. The smallest absolute Gasteiger partial charge is 0.316 e. The van der Waals surface area contributed by atoms with E-state index in [1.807, 2.05) is 20.5 Å². The molecule has 0 radical (unpaired) electrons. The fourth-order valence-corrected chi connectivity index (χ4v) is 4.36. The van der Waals surface area contributed by atoms with Crippen LogP contribution in [-0.2, 0) is 28.4 Å². The molecule has 0 aromatic rings. The fraction of sp³-hybridized carbons (Fsp3) is 0.722. The fourth-order valence-electron chi connectivity index (χ4n) is 3.99. The van der Waals surface area contributed by atoms with Gasteiger partial charge in [-0.15, -0.1) is 0 Å². The van der Waals surface area contributed by atoms with Crippen molar-refractivity contribution >= 4 is 26.6 Å². The van der Waals surface area contributed by atoms with Crippen molar-refractivity contribution in [2.45, 2.75) is 56.5 Å². The lowest BCUT2D eigenvalue weighted by Gasteiger charge is -2.58. The van der Waals surface area contributed by atoms with Crippen LogP contribution < -0.4 is 5.32 Å². The van der Waals surface area contributed by atoms with E-state index in [2.05, 4.69) is 5.32 Å². The number of nitrogens with one attached hydrogen (secondary N) is 2. The van der Waals surface area contributed by atoms with Crippen molar-refractivity contribution in [1.29, 1.82) is 5.41 Å². The summed E-state index contributed by atoms with van der Waals surface area (Å²) in [4.78, 5) is 30.5. The van der Waals surface area contributed by atoms with E-state index < -0.39 is 35.3 Å². The first kappa shape index (κ1) is 22.1. The van der Waals surface area contributed by atoms with Crippen LogP contribution in [-0.4, -0.2) is 77.8 Å². The number of hydrogen-bond donors (Lipinski definition) is 3. The standard InChI is InChI=1S/C18H28N3O7P/c1-4-6-25-13-14(26-7-5-2)18-9-12(22)21(18)28-16(19)20-15(23)11(18)8-17(13,24)10-27-29-3/h8,13-14,24,29H,4-7,9-10H2,1-3H3,(H2,19,20,23)/t13-,14+,17+,18+/m0/s1. The van der Waals surface area contributed by atoms with Crippen molar-refractivity contribution in [3.8, 4) is 0 Å². The molecule has 3 N–H and O–H groups in total. The number of aliphatic hydroxyl groups is 1. The van der Waals surface area contributed by atoms with E-state index in [4.69, 9.17) is 24.2 Å². The number of hydrogen-bond acceptors (Lipinski definition) is 8. The second-order valence-electron chi connectivity index (χ2n) is 7.29. The van der Waals surface area contributed by atoms with Gasteiger partial charge in [0.15, 0.2) is 0 Å². The predicted molar refractivity (Wildman–Crippen MR) is 104 cm³/mol. The van der Waals surface area contributed by atoms with Gasteiger partial charge in [0.05, 0.1) is 13.0 Å². The Hall–Kier alpha value is -1.58. The molecule has 2 aliphatic heterocycles. The Kier molecular flexibility index (Phi) is 6.60. The zero-order valence-electron chi connectivity index (χ0n) is 16.8. The third-order valence-corrected chi connectivity index (χ3v) is 5.65. The van der Waals surface area contributed by atoms with Crippen LogP contribution in [0.25, 0.3) is 0 Å². The van der Waals surface area contributed by atoms with Gasteiger partial charge in [-0.3, -0.25) is 14.9 Å². The highest BCUT2D eigenvalue weighted by Gasteiger charge is 2.70. The first-order chi connectivity index (χ1) is 13.8. The summed E-state index contributed by atoms with van der Waals surface area (Å²) in [6, 6.07) is -0.562. The van der Waals surface area contributed by atoms with Gasteiger partial charge in [0.25, 0.3) is 11.8 Å². The van der Waals surface area contributed by atoms with Crippen molar-refractivity contribution in [1.82, 2.24) is 10.4 Å². The van der Waals surface area contributed by atoms with Crippen molar-refractivity contribution < 1.29 is 33.5 Å². The van der Waals surface area contributed by atoms with Crippen LogP contribution in [0.3, 0.4) is 0 Å². The van der Waals surface area contributed by atoms with E-state index in [-0.39, 0.29) is 33.3 Å². The first-order valence-corrected chi connectivity index (χ1v) is 11.1. The molecule has 0 bridgehead atoms. The Balaban J connectivity index is 2.15.